The Hall–Kier alpha value is -2.42. The summed E-state index contributed by atoms with van der Waals surface area (Å²) in [5.41, 5.74) is 15.6. The van der Waals surface area contributed by atoms with Crippen LogP contribution in [0.25, 0.3) is 0 Å². The quantitative estimate of drug-likeness (QED) is 0.638. The maximum absolute atomic E-state index is 12.9. The summed E-state index contributed by atoms with van der Waals surface area (Å²) in [6.45, 7) is 5.17. The van der Waals surface area contributed by atoms with Gasteiger partial charge in [-0.25, -0.2) is 13.4 Å². The molecule has 0 amide bonds. The number of anilines is 2. The molecule has 3 aliphatic rings. The van der Waals surface area contributed by atoms with Crippen LogP contribution in [-0.2, 0) is 14.8 Å². The highest BCUT2D eigenvalue weighted by Gasteiger charge is 2.41. The number of ether oxygens (including phenoxy) is 1. The van der Waals surface area contributed by atoms with Gasteiger partial charge in [0.25, 0.3) is 0 Å². The van der Waals surface area contributed by atoms with E-state index in [0.717, 1.165) is 16.4 Å². The average molecular weight is 492 g/mol. The Morgan fingerprint density at radius 2 is 1.82 bits per heavy atom. The third-order valence-electron chi connectivity index (χ3n) is 5.82. The number of aryl methyl sites for hydroxylation is 2. The second-order valence-corrected chi connectivity index (χ2v) is 10.9. The van der Waals surface area contributed by atoms with Crippen molar-refractivity contribution in [3.05, 3.63) is 46.4 Å². The van der Waals surface area contributed by atoms with Crippen LogP contribution in [0.1, 0.15) is 11.5 Å². The molecule has 1 aromatic carbocycles. The molecule has 1 fully saturated rings. The fourth-order valence-corrected chi connectivity index (χ4v) is 6.58. The zero-order valence-electron chi connectivity index (χ0n) is 18.2. The number of aliphatic imine (C=N–C) groups is 1. The number of thioether (sulfide) groups is 1. The summed E-state index contributed by atoms with van der Waals surface area (Å²) in [5.74, 6) is 0.642. The summed E-state index contributed by atoms with van der Waals surface area (Å²) in [7, 11) is -3.58. The lowest BCUT2D eigenvalue weighted by atomic mass is 10.2. The van der Waals surface area contributed by atoms with E-state index in [1.54, 1.807) is 35.5 Å². The lowest BCUT2D eigenvalue weighted by Gasteiger charge is -2.35. The zero-order valence-corrected chi connectivity index (χ0v) is 19.8. The second kappa shape index (κ2) is 8.42. The van der Waals surface area contributed by atoms with Gasteiger partial charge in [-0.15, -0.1) is 0 Å². The number of benzene rings is 1. The van der Waals surface area contributed by atoms with Gasteiger partial charge in [0.1, 0.15) is 28.1 Å². The van der Waals surface area contributed by atoms with E-state index < -0.39 is 21.7 Å². The maximum Gasteiger partial charge on any atom is 0.243 e. The van der Waals surface area contributed by atoms with Crippen molar-refractivity contribution in [3.63, 3.8) is 0 Å². The highest BCUT2D eigenvalue weighted by Crippen LogP contribution is 2.45. The van der Waals surface area contributed by atoms with Crippen molar-refractivity contribution in [3.8, 4) is 0 Å². The molecule has 0 bridgehead atoms. The molecule has 3 aliphatic heterocycles. The molecule has 0 aliphatic carbocycles. The first-order chi connectivity index (χ1) is 15.8. The van der Waals surface area contributed by atoms with E-state index in [9.17, 15) is 8.42 Å². The Morgan fingerprint density at radius 1 is 1.12 bits per heavy atom. The number of rotatable bonds is 4. The van der Waals surface area contributed by atoms with Crippen LogP contribution in [0.15, 0.2) is 49.4 Å². The van der Waals surface area contributed by atoms with E-state index in [1.807, 2.05) is 18.7 Å². The second-order valence-electron chi connectivity index (χ2n) is 7.85. The molecule has 0 radical (unpaired) electrons. The highest BCUT2D eigenvalue weighted by molar-refractivity contribution is 8.04. The summed E-state index contributed by atoms with van der Waals surface area (Å²) in [5, 5.41) is 4.77. The van der Waals surface area contributed by atoms with Crippen molar-refractivity contribution in [1.29, 1.82) is 0 Å². The Kier molecular flexibility index (Phi) is 5.71. The van der Waals surface area contributed by atoms with Crippen molar-refractivity contribution in [2.75, 3.05) is 36.1 Å². The molecule has 4 heterocycles. The minimum atomic E-state index is -3.58. The van der Waals surface area contributed by atoms with Crippen LogP contribution >= 0.6 is 11.8 Å². The van der Waals surface area contributed by atoms with Crippen LogP contribution in [0.3, 0.4) is 0 Å². The van der Waals surface area contributed by atoms with Crippen LogP contribution in [0, 0.1) is 13.8 Å². The fraction of sp³-hybridized carbons (Fsp3) is 0.400. The molecule has 2 aromatic rings. The van der Waals surface area contributed by atoms with Gasteiger partial charge in [-0.05, 0) is 38.1 Å². The number of hydrogen-bond acceptors (Lipinski definition) is 11. The van der Waals surface area contributed by atoms with E-state index in [2.05, 4.69) is 10.1 Å². The smallest absolute Gasteiger partial charge is 0.243 e. The van der Waals surface area contributed by atoms with Gasteiger partial charge in [0, 0.05) is 18.8 Å². The Bertz CT molecular complexity index is 1200. The Morgan fingerprint density at radius 3 is 2.45 bits per heavy atom. The van der Waals surface area contributed by atoms with Crippen LogP contribution in [0.5, 0.6) is 0 Å². The van der Waals surface area contributed by atoms with Crippen LogP contribution in [-0.4, -0.2) is 62.2 Å². The average Bonchev–Trinajstić information content (AvgIpc) is 3.32. The zero-order chi connectivity index (χ0) is 23.3. The predicted molar refractivity (Wildman–Crippen MR) is 126 cm³/mol. The number of nitrogens with two attached hydrogens (primary N) is 2. The molecule has 176 valence electrons. The minimum absolute atomic E-state index is 0.228. The molecule has 1 aromatic heterocycles. The molecule has 0 saturated carbocycles. The normalized spacial score (nSPS) is 24.0. The molecule has 2 atom stereocenters. The van der Waals surface area contributed by atoms with Gasteiger partial charge in [0.2, 0.25) is 10.0 Å². The number of morpholine rings is 1. The fourth-order valence-electron chi connectivity index (χ4n) is 4.17. The SMILES string of the molecule is Cc1noc(C)c1N1C2=C(N=CN(c3ccc(S(=O)(=O)N4CCOCC4)cc3)C2N)SC1N. The molecule has 11 nitrogen and oxygen atoms in total. The monoisotopic (exact) mass is 491 g/mol. The van der Waals surface area contributed by atoms with E-state index in [-0.39, 0.29) is 4.90 Å². The minimum Gasteiger partial charge on any atom is -0.379 e. The third-order valence-corrected chi connectivity index (χ3v) is 8.73. The number of nitrogens with zero attached hydrogens (tertiary/aromatic N) is 5. The lowest BCUT2D eigenvalue weighted by molar-refractivity contribution is 0.0730. The topological polar surface area (TPSA) is 144 Å². The molecule has 13 heteroatoms. The molecule has 5 rings (SSSR count). The van der Waals surface area contributed by atoms with Crippen LogP contribution in [0.4, 0.5) is 11.4 Å². The van der Waals surface area contributed by atoms with Crippen LogP contribution < -0.4 is 21.3 Å². The van der Waals surface area contributed by atoms with Crippen molar-refractivity contribution in [2.24, 2.45) is 16.5 Å². The molecule has 0 spiro atoms. The van der Waals surface area contributed by atoms with Crippen molar-refractivity contribution in [1.82, 2.24) is 9.46 Å². The van der Waals surface area contributed by atoms with Gasteiger partial charge in [0.05, 0.1) is 30.1 Å². The van der Waals surface area contributed by atoms with Gasteiger partial charge in [-0.2, -0.15) is 4.31 Å². The van der Waals surface area contributed by atoms with E-state index in [4.69, 9.17) is 20.7 Å². The third kappa shape index (κ3) is 3.74. The number of hydrogen-bond donors (Lipinski definition) is 2. The molecular weight excluding hydrogens is 466 g/mol. The first-order valence-corrected chi connectivity index (χ1v) is 12.8. The molecule has 4 N–H and O–H groups in total. The Balaban J connectivity index is 1.42. The van der Waals surface area contributed by atoms with Gasteiger partial charge in [-0.3, -0.25) is 0 Å². The first kappa shape index (κ1) is 22.4. The summed E-state index contributed by atoms with van der Waals surface area (Å²) < 4.78 is 37.9. The largest absolute Gasteiger partial charge is 0.379 e. The van der Waals surface area contributed by atoms with Gasteiger partial charge in [0.15, 0.2) is 5.76 Å². The standard InChI is InChI=1S/C20H25N7O4S2/c1-12-16(13(2)31-24-12)27-17-18(21)26(11-23-19(17)32-20(27)22)14-3-5-15(6-4-14)33(28,29)25-7-9-30-10-8-25/h3-6,11,18,20H,7-10,21-22H2,1-2H3. The van der Waals surface area contributed by atoms with Crippen LogP contribution in [0.2, 0.25) is 0 Å². The van der Waals surface area contributed by atoms with E-state index in [1.165, 1.54) is 16.1 Å². The molecule has 2 unspecified atom stereocenters. The predicted octanol–water partition coefficient (Wildman–Crippen LogP) is 1.11. The van der Waals surface area contributed by atoms with E-state index >= 15 is 0 Å². The Labute approximate surface area is 196 Å². The van der Waals surface area contributed by atoms with Crippen molar-refractivity contribution in [2.45, 2.75) is 30.4 Å². The van der Waals surface area contributed by atoms with Gasteiger partial charge in [-0.1, -0.05) is 16.9 Å². The number of sulfonamides is 1. The van der Waals surface area contributed by atoms with Crippen molar-refractivity contribution >= 4 is 39.5 Å². The van der Waals surface area contributed by atoms with Gasteiger partial charge < -0.3 is 30.5 Å². The summed E-state index contributed by atoms with van der Waals surface area (Å²) in [6.07, 6.45) is 1.06. The lowest BCUT2D eigenvalue weighted by Crippen LogP contribution is -2.50. The van der Waals surface area contributed by atoms with Gasteiger partial charge >= 0.3 is 0 Å². The van der Waals surface area contributed by atoms with Crippen molar-refractivity contribution < 1.29 is 17.7 Å². The maximum atomic E-state index is 12.9. The molecule has 1 saturated heterocycles. The first-order valence-electron chi connectivity index (χ1n) is 10.4. The van der Waals surface area contributed by atoms with E-state index in [0.29, 0.717) is 43.4 Å². The summed E-state index contributed by atoms with van der Waals surface area (Å²) in [6, 6.07) is 6.64. The number of aromatic nitrogens is 1. The molecular formula is C20H25N7O4S2. The summed E-state index contributed by atoms with van der Waals surface area (Å²) >= 11 is 1.41. The highest BCUT2D eigenvalue weighted by atomic mass is 32.2. The summed E-state index contributed by atoms with van der Waals surface area (Å²) in [4.78, 5) is 8.49. The molecule has 33 heavy (non-hydrogen) atoms.